The predicted octanol–water partition coefficient (Wildman–Crippen LogP) is 2.29. The van der Waals surface area contributed by atoms with Crippen molar-refractivity contribution in [3.8, 4) is 0 Å². The van der Waals surface area contributed by atoms with E-state index in [2.05, 4.69) is 20.7 Å². The molecule has 0 saturated carbocycles. The molecule has 0 amide bonds. The van der Waals surface area contributed by atoms with Crippen LogP contribution in [-0.2, 0) is 14.8 Å². The fraction of sp³-hybridized carbons (Fsp3) is 0.500. The molecule has 1 saturated heterocycles. The van der Waals surface area contributed by atoms with E-state index in [4.69, 9.17) is 4.74 Å². The van der Waals surface area contributed by atoms with Gasteiger partial charge in [-0.2, -0.15) is 0 Å². The fourth-order valence-electron chi connectivity index (χ4n) is 1.97. The first kappa shape index (κ1) is 14.9. The fourth-order valence-corrected chi connectivity index (χ4v) is 4.13. The molecular weight excluding hydrogens is 337 g/mol. The van der Waals surface area contributed by atoms with E-state index in [0.29, 0.717) is 13.2 Å². The van der Waals surface area contributed by atoms with Crippen molar-refractivity contribution < 1.29 is 17.5 Å². The van der Waals surface area contributed by atoms with Crippen LogP contribution in [0.25, 0.3) is 0 Å². The van der Waals surface area contributed by atoms with Gasteiger partial charge in [0.05, 0.1) is 11.5 Å². The van der Waals surface area contributed by atoms with E-state index in [1.54, 1.807) is 0 Å². The maximum Gasteiger partial charge on any atom is 0.241 e. The molecule has 0 aliphatic carbocycles. The van der Waals surface area contributed by atoms with Gasteiger partial charge in [-0.15, -0.1) is 0 Å². The Labute approximate surface area is 120 Å². The summed E-state index contributed by atoms with van der Waals surface area (Å²) in [5.74, 6) is -0.283. The average Bonchev–Trinajstić information content (AvgIpc) is 2.37. The van der Waals surface area contributed by atoms with Crippen molar-refractivity contribution in [3.05, 3.63) is 28.5 Å². The van der Waals surface area contributed by atoms with Gasteiger partial charge >= 0.3 is 0 Å². The van der Waals surface area contributed by atoms with Crippen LogP contribution in [0.5, 0.6) is 0 Å². The molecule has 1 fully saturated rings. The van der Waals surface area contributed by atoms with Crippen LogP contribution in [0, 0.1) is 11.7 Å². The van der Waals surface area contributed by atoms with Gasteiger partial charge in [-0.1, -0.05) is 0 Å². The van der Waals surface area contributed by atoms with Crippen molar-refractivity contribution in [1.82, 2.24) is 4.72 Å². The molecule has 1 aromatic carbocycles. The van der Waals surface area contributed by atoms with Gasteiger partial charge in [-0.05, 0) is 52.9 Å². The lowest BCUT2D eigenvalue weighted by Crippen LogP contribution is -2.33. The first-order valence-corrected chi connectivity index (χ1v) is 8.29. The predicted molar refractivity (Wildman–Crippen MR) is 72.8 cm³/mol. The number of ether oxygens (including phenoxy) is 1. The molecule has 106 valence electrons. The van der Waals surface area contributed by atoms with Gasteiger partial charge in [0.25, 0.3) is 0 Å². The maximum absolute atomic E-state index is 13.0. The first-order chi connectivity index (χ1) is 8.99. The largest absolute Gasteiger partial charge is 0.381 e. The van der Waals surface area contributed by atoms with Crippen LogP contribution in [0.3, 0.4) is 0 Å². The van der Waals surface area contributed by atoms with Crippen molar-refractivity contribution in [2.24, 2.45) is 5.92 Å². The lowest BCUT2D eigenvalue weighted by molar-refractivity contribution is 0.0568. The van der Waals surface area contributed by atoms with Crippen LogP contribution < -0.4 is 4.72 Å². The monoisotopic (exact) mass is 351 g/mol. The van der Waals surface area contributed by atoms with E-state index in [1.165, 1.54) is 6.07 Å². The third-order valence-electron chi connectivity index (χ3n) is 3.00. The standard InChI is InChI=1S/C12H15BrFNO3S/c13-11-6-10(14)3-4-12(11)19(16,17)15-7-9-2-1-5-18-8-9/h3-4,6,9,15H,1-2,5,7-8H2. The summed E-state index contributed by atoms with van der Waals surface area (Å²) in [6.45, 7) is 1.66. The highest BCUT2D eigenvalue weighted by Crippen LogP contribution is 2.23. The molecule has 1 atom stereocenters. The van der Waals surface area contributed by atoms with Crippen molar-refractivity contribution in [2.45, 2.75) is 17.7 Å². The number of halogens is 2. The van der Waals surface area contributed by atoms with E-state index >= 15 is 0 Å². The summed E-state index contributed by atoms with van der Waals surface area (Å²) in [7, 11) is -3.63. The molecule has 19 heavy (non-hydrogen) atoms. The number of hydrogen-bond donors (Lipinski definition) is 1. The lowest BCUT2D eigenvalue weighted by Gasteiger charge is -2.22. The quantitative estimate of drug-likeness (QED) is 0.905. The van der Waals surface area contributed by atoms with Gasteiger partial charge in [0.1, 0.15) is 5.82 Å². The second kappa shape index (κ2) is 6.30. The highest BCUT2D eigenvalue weighted by atomic mass is 79.9. The van der Waals surface area contributed by atoms with E-state index in [1.807, 2.05) is 0 Å². The van der Waals surface area contributed by atoms with Crippen LogP contribution in [0.2, 0.25) is 0 Å². The molecule has 1 N–H and O–H groups in total. The highest BCUT2D eigenvalue weighted by molar-refractivity contribution is 9.10. The number of nitrogens with one attached hydrogen (secondary N) is 1. The molecule has 1 unspecified atom stereocenters. The van der Waals surface area contributed by atoms with Crippen molar-refractivity contribution >= 4 is 26.0 Å². The van der Waals surface area contributed by atoms with Crippen LogP contribution in [0.1, 0.15) is 12.8 Å². The number of rotatable bonds is 4. The van der Waals surface area contributed by atoms with Gasteiger partial charge in [-0.3, -0.25) is 0 Å². The molecular formula is C12H15BrFNO3S. The Bertz CT molecular complexity index is 544. The van der Waals surface area contributed by atoms with Gasteiger partial charge < -0.3 is 4.74 Å². The molecule has 0 radical (unpaired) electrons. The minimum atomic E-state index is -3.63. The van der Waals surface area contributed by atoms with E-state index in [-0.39, 0.29) is 15.3 Å². The van der Waals surface area contributed by atoms with Gasteiger partial charge in [0.2, 0.25) is 10.0 Å². The number of hydrogen-bond acceptors (Lipinski definition) is 3. The summed E-state index contributed by atoms with van der Waals surface area (Å²) in [5.41, 5.74) is 0. The van der Waals surface area contributed by atoms with Crippen molar-refractivity contribution in [3.63, 3.8) is 0 Å². The first-order valence-electron chi connectivity index (χ1n) is 6.01. The van der Waals surface area contributed by atoms with E-state index in [9.17, 15) is 12.8 Å². The maximum atomic E-state index is 13.0. The van der Waals surface area contributed by atoms with Gasteiger partial charge in [0, 0.05) is 17.6 Å². The molecule has 0 aromatic heterocycles. The highest BCUT2D eigenvalue weighted by Gasteiger charge is 2.21. The Kier molecular flexibility index (Phi) is 4.94. The summed E-state index contributed by atoms with van der Waals surface area (Å²) in [5, 5.41) is 0. The molecule has 4 nitrogen and oxygen atoms in total. The van der Waals surface area contributed by atoms with Crippen LogP contribution in [0.4, 0.5) is 4.39 Å². The Morgan fingerprint density at radius 3 is 2.89 bits per heavy atom. The molecule has 1 aliphatic heterocycles. The minimum absolute atomic E-state index is 0.0469. The zero-order valence-electron chi connectivity index (χ0n) is 10.2. The molecule has 1 aromatic rings. The second-order valence-corrected chi connectivity index (χ2v) is 7.10. The van der Waals surface area contributed by atoms with Crippen LogP contribution >= 0.6 is 15.9 Å². The summed E-state index contributed by atoms with van der Waals surface area (Å²) in [4.78, 5) is 0.0469. The molecule has 0 bridgehead atoms. The van der Waals surface area contributed by atoms with Crippen molar-refractivity contribution in [1.29, 1.82) is 0 Å². The minimum Gasteiger partial charge on any atom is -0.381 e. The van der Waals surface area contributed by atoms with E-state index in [0.717, 1.165) is 31.6 Å². The Morgan fingerprint density at radius 2 is 2.26 bits per heavy atom. The molecule has 7 heteroatoms. The summed E-state index contributed by atoms with van der Waals surface area (Å²) in [6, 6.07) is 3.51. The third-order valence-corrected chi connectivity index (χ3v) is 5.40. The van der Waals surface area contributed by atoms with E-state index < -0.39 is 15.8 Å². The normalized spacial score (nSPS) is 20.4. The second-order valence-electron chi connectivity index (χ2n) is 4.51. The SMILES string of the molecule is O=S(=O)(NCC1CCCOC1)c1ccc(F)cc1Br. The number of benzene rings is 1. The zero-order chi connectivity index (χ0) is 13.9. The van der Waals surface area contributed by atoms with Gasteiger partial charge in [-0.25, -0.2) is 17.5 Å². The third kappa shape index (κ3) is 3.98. The molecule has 2 rings (SSSR count). The molecule has 1 aliphatic rings. The Hall–Kier alpha value is -0.500. The van der Waals surface area contributed by atoms with Crippen molar-refractivity contribution in [2.75, 3.05) is 19.8 Å². The topological polar surface area (TPSA) is 55.4 Å². The summed E-state index contributed by atoms with van der Waals surface area (Å²) >= 11 is 3.07. The lowest BCUT2D eigenvalue weighted by atomic mass is 10.0. The summed E-state index contributed by atoms with van der Waals surface area (Å²) < 4.78 is 45.2. The summed E-state index contributed by atoms with van der Waals surface area (Å²) in [6.07, 6.45) is 1.90. The zero-order valence-corrected chi connectivity index (χ0v) is 12.6. The Morgan fingerprint density at radius 1 is 1.47 bits per heavy atom. The van der Waals surface area contributed by atoms with Gasteiger partial charge in [0.15, 0.2) is 0 Å². The smallest absolute Gasteiger partial charge is 0.241 e. The average molecular weight is 352 g/mol. The van der Waals surface area contributed by atoms with Crippen LogP contribution in [-0.4, -0.2) is 28.2 Å². The Balaban J connectivity index is 2.05. The number of sulfonamides is 1. The molecule has 1 heterocycles. The molecule has 0 spiro atoms. The van der Waals surface area contributed by atoms with Crippen LogP contribution in [0.15, 0.2) is 27.6 Å².